The maximum Gasteiger partial charge on any atom is 0.293 e. The molecule has 7 heterocycles. The van der Waals surface area contributed by atoms with Crippen molar-refractivity contribution in [2.45, 2.75) is 93.1 Å². The quantitative estimate of drug-likeness (QED) is 0.0816. The van der Waals surface area contributed by atoms with E-state index in [1.807, 2.05) is 29.2 Å². The minimum absolute atomic E-state index is 0.0426. The normalized spacial score (nSPS) is 23.4. The molecule has 18 heteroatoms. The summed E-state index contributed by atoms with van der Waals surface area (Å²) < 4.78 is 63.2. The van der Waals surface area contributed by atoms with E-state index in [2.05, 4.69) is 62.9 Å². The van der Waals surface area contributed by atoms with E-state index in [1.165, 1.54) is 30.0 Å². The van der Waals surface area contributed by atoms with Crippen LogP contribution in [0.5, 0.6) is 5.88 Å². The van der Waals surface area contributed by atoms with Gasteiger partial charge in [0.2, 0.25) is 5.88 Å². The number of aromatic nitrogens is 2. The van der Waals surface area contributed by atoms with Gasteiger partial charge in [-0.1, -0.05) is 38.1 Å². The predicted octanol–water partition coefficient (Wildman–Crippen LogP) is 7.75. The van der Waals surface area contributed by atoms with Crippen molar-refractivity contribution in [1.29, 1.82) is 0 Å². The summed E-state index contributed by atoms with van der Waals surface area (Å²) in [5.74, 6) is -0.111. The molecule has 1 saturated carbocycles. The van der Waals surface area contributed by atoms with Gasteiger partial charge < -0.3 is 34.3 Å². The molecule has 1 spiro atoms. The average Bonchev–Trinajstić information content (AvgIpc) is 4.08. The molecule has 16 nitrogen and oxygen atoms in total. The van der Waals surface area contributed by atoms with Gasteiger partial charge in [-0.2, -0.15) is 4.98 Å². The molecule has 1 amide bonds. The molecule has 4 saturated heterocycles. The second-order valence-corrected chi connectivity index (χ2v) is 21.3. The van der Waals surface area contributed by atoms with Gasteiger partial charge in [-0.3, -0.25) is 19.8 Å². The van der Waals surface area contributed by atoms with Crippen LogP contribution in [-0.2, 0) is 19.5 Å². The van der Waals surface area contributed by atoms with Gasteiger partial charge in [0.1, 0.15) is 28.8 Å². The Balaban J connectivity index is 0.876. The molecule has 352 valence electrons. The van der Waals surface area contributed by atoms with Crippen LogP contribution in [-0.4, -0.2) is 111 Å². The van der Waals surface area contributed by atoms with E-state index >= 15 is 4.39 Å². The molecule has 5 aromatic rings. The van der Waals surface area contributed by atoms with Gasteiger partial charge in [0.25, 0.3) is 21.6 Å². The number of likely N-dealkylation sites (tertiary alicyclic amines) is 1. The van der Waals surface area contributed by atoms with E-state index in [0.29, 0.717) is 47.5 Å². The van der Waals surface area contributed by atoms with Gasteiger partial charge in [-0.05, 0) is 91.7 Å². The molecule has 6 aliphatic rings. The number of nitrogens with one attached hydrogen (secondary N) is 3. The second kappa shape index (κ2) is 16.7. The van der Waals surface area contributed by atoms with Crippen molar-refractivity contribution in [3.05, 3.63) is 106 Å². The van der Waals surface area contributed by atoms with Crippen LogP contribution in [0.2, 0.25) is 0 Å². The summed E-state index contributed by atoms with van der Waals surface area (Å²) in [4.78, 5) is 40.5. The Labute approximate surface area is 388 Å². The molecule has 3 N–H and O–H groups in total. The first-order valence-corrected chi connectivity index (χ1v) is 24.9. The van der Waals surface area contributed by atoms with Crippen molar-refractivity contribution in [2.24, 2.45) is 5.41 Å². The van der Waals surface area contributed by atoms with Crippen molar-refractivity contribution >= 4 is 55.4 Å². The van der Waals surface area contributed by atoms with Crippen LogP contribution in [0.25, 0.3) is 11.0 Å². The largest absolute Gasteiger partial charge is 0.468 e. The summed E-state index contributed by atoms with van der Waals surface area (Å²) in [5, 5.41) is 15.9. The summed E-state index contributed by atoms with van der Waals surface area (Å²) in [5.41, 5.74) is 3.47. The number of carbonyl (C=O) groups is 1. The zero-order valence-electron chi connectivity index (χ0n) is 37.6. The molecule has 2 aromatic heterocycles. The SMILES string of the molecule is CC(C)c1ccccc1[C@@H]1CCCN1C1CC2(C1)CN(c1ccc(C(=O)NS(=O)(=O)c3ccc(NCC4(F)CCOCC4)c([N+](=O)[O-])c3)c(N3c4cc5cc[nH]c5nc4O[C@H]4COC[C@@H]43)c1)C2. The third-order valence-corrected chi connectivity index (χ3v) is 16.3. The number of carbonyl (C=O) groups excluding carboxylic acids is 1. The summed E-state index contributed by atoms with van der Waals surface area (Å²) in [6.45, 7) is 8.20. The standard InChI is InChI=1S/C49H55FN8O8S/c1-30(2)35-6-3-4-7-36(35)39-8-5-17-56(39)33-23-48(24-33)28-55(29-48)32-9-11-37(40(21-32)57-42-20-31-13-16-51-45(31)53-47(42)66-44-26-65-25-43(44)57)46(59)54-67(62,63)34-10-12-38(41(22-34)58(60)61)52-27-49(50)14-18-64-19-15-49/h3-4,6-7,9-13,16,20-22,30,33,39,43-44,52H,5,8,14-15,17-19,23-29H2,1-2H3,(H,51,53)(H,54,59)/t39-,43-,44-/m0/s1. The number of halogens is 1. The monoisotopic (exact) mass is 934 g/mol. The lowest BCUT2D eigenvalue weighted by Crippen LogP contribution is -2.66. The van der Waals surface area contributed by atoms with Crippen molar-refractivity contribution in [2.75, 3.05) is 67.7 Å². The van der Waals surface area contributed by atoms with Crippen molar-refractivity contribution in [3.8, 4) is 5.88 Å². The number of rotatable bonds is 12. The average molecular weight is 935 g/mol. The highest BCUT2D eigenvalue weighted by Gasteiger charge is 2.55. The highest BCUT2D eigenvalue weighted by molar-refractivity contribution is 7.90. The maximum absolute atomic E-state index is 15.4. The summed E-state index contributed by atoms with van der Waals surface area (Å²) >= 11 is 0. The lowest BCUT2D eigenvalue weighted by atomic mass is 9.60. The van der Waals surface area contributed by atoms with Crippen LogP contribution < -0.4 is 24.6 Å². The van der Waals surface area contributed by atoms with E-state index in [0.717, 1.165) is 55.7 Å². The molecule has 0 unspecified atom stereocenters. The smallest absolute Gasteiger partial charge is 0.293 e. The number of amides is 1. The first kappa shape index (κ1) is 43.7. The number of hydrogen-bond donors (Lipinski definition) is 3. The van der Waals surface area contributed by atoms with Crippen LogP contribution in [0.15, 0.2) is 83.9 Å². The number of benzene rings is 3. The number of pyridine rings is 1. The minimum atomic E-state index is -4.67. The number of nitro benzene ring substituents is 1. The van der Waals surface area contributed by atoms with Crippen molar-refractivity contribution < 1.29 is 36.7 Å². The zero-order valence-corrected chi connectivity index (χ0v) is 38.4. The highest BCUT2D eigenvalue weighted by Crippen LogP contribution is 2.55. The molecule has 1 aliphatic carbocycles. The van der Waals surface area contributed by atoms with Crippen LogP contribution in [0.3, 0.4) is 0 Å². The molecular formula is C49H55FN8O8S. The number of aromatic amines is 1. The fourth-order valence-electron chi connectivity index (χ4n) is 11.5. The maximum atomic E-state index is 15.4. The van der Waals surface area contributed by atoms with Crippen molar-refractivity contribution in [1.82, 2.24) is 19.6 Å². The molecule has 11 rings (SSSR count). The van der Waals surface area contributed by atoms with Gasteiger partial charge in [-0.15, -0.1) is 0 Å². The Morgan fingerprint density at radius 3 is 2.61 bits per heavy atom. The van der Waals surface area contributed by atoms with Crippen LogP contribution in [0.4, 0.5) is 32.8 Å². The Kier molecular flexibility index (Phi) is 10.9. The Bertz CT molecular complexity index is 2860. The Hall–Kier alpha value is -5.82. The van der Waals surface area contributed by atoms with E-state index < -0.39 is 43.2 Å². The fraction of sp³-hybridized carbons (Fsp3) is 0.469. The molecule has 3 atom stereocenters. The third kappa shape index (κ3) is 7.94. The first-order chi connectivity index (χ1) is 32.3. The molecule has 67 heavy (non-hydrogen) atoms. The number of nitrogens with zero attached hydrogens (tertiary/aromatic N) is 5. The lowest BCUT2D eigenvalue weighted by Gasteiger charge is -2.62. The topological polar surface area (TPSA) is 184 Å². The number of hydrogen-bond acceptors (Lipinski definition) is 13. The lowest BCUT2D eigenvalue weighted by molar-refractivity contribution is -0.384. The molecule has 5 aliphatic heterocycles. The van der Waals surface area contributed by atoms with Gasteiger partial charge in [-0.25, -0.2) is 17.5 Å². The Morgan fingerprint density at radius 2 is 1.82 bits per heavy atom. The van der Waals surface area contributed by atoms with Gasteiger partial charge in [0.05, 0.1) is 40.3 Å². The van der Waals surface area contributed by atoms with Gasteiger partial charge in [0.15, 0.2) is 0 Å². The fourth-order valence-corrected chi connectivity index (χ4v) is 12.5. The van der Waals surface area contributed by atoms with Crippen molar-refractivity contribution in [3.63, 3.8) is 0 Å². The molecule has 0 radical (unpaired) electrons. The predicted molar refractivity (Wildman–Crippen MR) is 251 cm³/mol. The number of alkyl halides is 1. The van der Waals surface area contributed by atoms with Gasteiger partial charge >= 0.3 is 0 Å². The van der Waals surface area contributed by atoms with Gasteiger partial charge in [0, 0.05) is 86.5 Å². The first-order valence-electron chi connectivity index (χ1n) is 23.4. The summed E-state index contributed by atoms with van der Waals surface area (Å²) in [6, 6.07) is 22.0. The number of H-pyrrole nitrogens is 1. The minimum Gasteiger partial charge on any atom is -0.468 e. The van der Waals surface area contributed by atoms with E-state index in [9.17, 15) is 23.3 Å². The van der Waals surface area contributed by atoms with E-state index in [4.69, 9.17) is 19.2 Å². The van der Waals surface area contributed by atoms with Crippen LogP contribution in [0.1, 0.15) is 85.8 Å². The number of anilines is 4. The van der Waals surface area contributed by atoms with Crippen LogP contribution in [0, 0.1) is 15.5 Å². The molecule has 0 bridgehead atoms. The molecular weight excluding hydrogens is 880 g/mol. The summed E-state index contributed by atoms with van der Waals surface area (Å²) in [6.07, 6.45) is 6.22. The molecule has 3 aromatic carbocycles. The molecule has 5 fully saturated rings. The Morgan fingerprint density at radius 1 is 1.01 bits per heavy atom. The van der Waals surface area contributed by atoms with Crippen LogP contribution >= 0.6 is 0 Å². The number of fused-ring (bicyclic) bond motifs is 3. The number of ether oxygens (including phenoxy) is 3. The highest BCUT2D eigenvalue weighted by atomic mass is 32.2. The summed E-state index contributed by atoms with van der Waals surface area (Å²) in [7, 11) is -4.67. The zero-order chi connectivity index (χ0) is 46.2. The number of nitro groups is 1. The second-order valence-electron chi connectivity index (χ2n) is 19.6. The number of sulfonamides is 1. The van der Waals surface area contributed by atoms with E-state index in [-0.39, 0.29) is 61.9 Å². The third-order valence-electron chi connectivity index (χ3n) is 15.0. The van der Waals surface area contributed by atoms with E-state index in [1.54, 1.807) is 12.3 Å².